The molecule has 16 heavy (non-hydrogen) atoms. The Morgan fingerprint density at radius 3 is 2.44 bits per heavy atom. The van der Waals surface area contributed by atoms with Crippen molar-refractivity contribution < 1.29 is 9.59 Å². The van der Waals surface area contributed by atoms with Gasteiger partial charge in [-0.05, 0) is 13.8 Å². The van der Waals surface area contributed by atoms with Crippen molar-refractivity contribution in [3.63, 3.8) is 0 Å². The predicted molar refractivity (Wildman–Crippen MR) is 58.0 cm³/mol. The van der Waals surface area contributed by atoms with Gasteiger partial charge in [0, 0.05) is 20.0 Å². The van der Waals surface area contributed by atoms with Gasteiger partial charge in [0.25, 0.3) is 0 Å². The first kappa shape index (κ1) is 12.4. The van der Waals surface area contributed by atoms with E-state index in [0.717, 1.165) is 0 Å². The fourth-order valence-corrected chi connectivity index (χ4v) is 1.35. The third-order valence-corrected chi connectivity index (χ3v) is 2.31. The lowest BCUT2D eigenvalue weighted by Crippen LogP contribution is -2.33. The van der Waals surface area contributed by atoms with Gasteiger partial charge in [0.05, 0.1) is 6.20 Å². The first-order valence-electron chi connectivity index (χ1n) is 5.27. The molecule has 0 radical (unpaired) electrons. The number of carbonyl (C=O) groups excluding carboxylic acids is 2. The van der Waals surface area contributed by atoms with E-state index in [9.17, 15) is 9.59 Å². The lowest BCUT2D eigenvalue weighted by atomic mass is 10.3. The fourth-order valence-electron chi connectivity index (χ4n) is 1.35. The van der Waals surface area contributed by atoms with Gasteiger partial charge in [-0.25, -0.2) is 4.68 Å². The Bertz CT molecular complexity index is 382. The lowest BCUT2D eigenvalue weighted by Gasteiger charge is -2.17. The number of nitrogens with zero attached hydrogens (tertiary/aromatic N) is 4. The van der Waals surface area contributed by atoms with Crippen LogP contribution in [0, 0.1) is 0 Å². The summed E-state index contributed by atoms with van der Waals surface area (Å²) < 4.78 is 1.39. The number of Topliss-reactive ketones (excluding diaryl/α,β-unsaturated/α-hetero) is 1. The van der Waals surface area contributed by atoms with Crippen LogP contribution in [0.4, 0.5) is 0 Å². The Labute approximate surface area is 94.2 Å². The van der Waals surface area contributed by atoms with Crippen LogP contribution in [-0.2, 0) is 11.3 Å². The molecule has 1 aromatic rings. The summed E-state index contributed by atoms with van der Waals surface area (Å²) in [6, 6.07) is 0. The molecular weight excluding hydrogens is 208 g/mol. The zero-order chi connectivity index (χ0) is 12.1. The van der Waals surface area contributed by atoms with Gasteiger partial charge in [0.2, 0.25) is 5.91 Å². The number of hydrogen-bond donors (Lipinski definition) is 0. The Kier molecular flexibility index (Phi) is 4.16. The average molecular weight is 224 g/mol. The number of rotatable bonds is 5. The Morgan fingerprint density at radius 2 is 2.00 bits per heavy atom. The van der Waals surface area contributed by atoms with Crippen molar-refractivity contribution in [3.05, 3.63) is 11.9 Å². The van der Waals surface area contributed by atoms with E-state index in [-0.39, 0.29) is 23.9 Å². The van der Waals surface area contributed by atoms with Crippen LogP contribution in [0.2, 0.25) is 0 Å². The minimum atomic E-state index is -0.151. The number of carbonyl (C=O) groups is 2. The normalized spacial score (nSPS) is 10.2. The van der Waals surface area contributed by atoms with Crippen LogP contribution in [0.3, 0.4) is 0 Å². The molecule has 0 aliphatic carbocycles. The van der Waals surface area contributed by atoms with Crippen LogP contribution in [0.25, 0.3) is 0 Å². The van der Waals surface area contributed by atoms with Gasteiger partial charge in [-0.3, -0.25) is 9.59 Å². The molecule has 0 aromatic carbocycles. The zero-order valence-electron chi connectivity index (χ0n) is 9.80. The van der Waals surface area contributed by atoms with Gasteiger partial charge in [-0.1, -0.05) is 5.21 Å². The summed E-state index contributed by atoms with van der Waals surface area (Å²) in [4.78, 5) is 24.4. The number of amides is 1. The molecule has 6 nitrogen and oxygen atoms in total. The second-order valence-corrected chi connectivity index (χ2v) is 3.42. The van der Waals surface area contributed by atoms with Gasteiger partial charge in [-0.2, -0.15) is 0 Å². The molecule has 0 saturated heterocycles. The van der Waals surface area contributed by atoms with Crippen LogP contribution in [-0.4, -0.2) is 44.7 Å². The van der Waals surface area contributed by atoms with Crippen molar-refractivity contribution in [2.75, 3.05) is 13.1 Å². The van der Waals surface area contributed by atoms with E-state index in [2.05, 4.69) is 10.3 Å². The topological polar surface area (TPSA) is 68.1 Å². The lowest BCUT2D eigenvalue weighted by molar-refractivity contribution is -0.131. The highest BCUT2D eigenvalue weighted by atomic mass is 16.2. The SMILES string of the molecule is CCN(CC)C(=O)Cn1cc(C(C)=O)nn1. The van der Waals surface area contributed by atoms with Gasteiger partial charge >= 0.3 is 0 Å². The largest absolute Gasteiger partial charge is 0.342 e. The zero-order valence-corrected chi connectivity index (χ0v) is 9.80. The van der Waals surface area contributed by atoms with E-state index in [1.807, 2.05) is 13.8 Å². The maximum Gasteiger partial charge on any atom is 0.244 e. The molecular formula is C10H16N4O2. The minimum Gasteiger partial charge on any atom is -0.342 e. The van der Waals surface area contributed by atoms with E-state index in [0.29, 0.717) is 13.1 Å². The van der Waals surface area contributed by atoms with E-state index in [1.165, 1.54) is 17.8 Å². The highest BCUT2D eigenvalue weighted by molar-refractivity contribution is 5.91. The standard InChI is InChI=1S/C10H16N4O2/c1-4-13(5-2)10(16)7-14-6-9(8(3)15)11-12-14/h6H,4-5,7H2,1-3H3. The van der Waals surface area contributed by atoms with Crippen LogP contribution in [0.15, 0.2) is 6.20 Å². The highest BCUT2D eigenvalue weighted by Gasteiger charge is 2.12. The van der Waals surface area contributed by atoms with Gasteiger partial charge in [-0.15, -0.1) is 5.10 Å². The summed E-state index contributed by atoms with van der Waals surface area (Å²) in [7, 11) is 0. The second kappa shape index (κ2) is 5.39. The minimum absolute atomic E-state index is 0.0231. The average Bonchev–Trinajstić information content (AvgIpc) is 2.68. The molecule has 0 unspecified atom stereocenters. The third-order valence-electron chi connectivity index (χ3n) is 2.31. The van der Waals surface area contributed by atoms with Gasteiger partial charge < -0.3 is 4.90 Å². The van der Waals surface area contributed by atoms with Crippen LogP contribution in [0.5, 0.6) is 0 Å². The molecule has 0 aliphatic heterocycles. The monoisotopic (exact) mass is 224 g/mol. The van der Waals surface area contributed by atoms with E-state index in [4.69, 9.17) is 0 Å². The van der Waals surface area contributed by atoms with Crippen molar-refractivity contribution in [1.82, 2.24) is 19.9 Å². The number of hydrogen-bond acceptors (Lipinski definition) is 4. The van der Waals surface area contributed by atoms with Gasteiger partial charge in [0.1, 0.15) is 12.2 Å². The molecule has 1 aromatic heterocycles. The summed E-state index contributed by atoms with van der Waals surface area (Å²) in [5, 5.41) is 7.40. The Balaban J connectivity index is 2.65. The molecule has 0 bridgehead atoms. The summed E-state index contributed by atoms with van der Waals surface area (Å²) in [5.41, 5.74) is 0.285. The molecule has 1 rings (SSSR count). The number of aromatic nitrogens is 3. The number of ketones is 1. The van der Waals surface area contributed by atoms with Crippen molar-refractivity contribution >= 4 is 11.7 Å². The molecule has 0 saturated carbocycles. The summed E-state index contributed by atoms with van der Waals surface area (Å²) in [6.07, 6.45) is 1.49. The van der Waals surface area contributed by atoms with Crippen LogP contribution in [0.1, 0.15) is 31.3 Å². The first-order chi connectivity index (χ1) is 7.58. The Hall–Kier alpha value is -1.72. The fraction of sp³-hybridized carbons (Fsp3) is 0.600. The molecule has 6 heteroatoms. The first-order valence-corrected chi connectivity index (χ1v) is 5.27. The smallest absolute Gasteiger partial charge is 0.244 e. The molecule has 0 atom stereocenters. The molecule has 0 aliphatic rings. The van der Waals surface area contributed by atoms with E-state index >= 15 is 0 Å². The summed E-state index contributed by atoms with van der Waals surface area (Å²) >= 11 is 0. The maximum atomic E-state index is 11.7. The van der Waals surface area contributed by atoms with Crippen LogP contribution < -0.4 is 0 Å². The van der Waals surface area contributed by atoms with Crippen molar-refractivity contribution in [2.45, 2.75) is 27.3 Å². The van der Waals surface area contributed by atoms with Crippen LogP contribution >= 0.6 is 0 Å². The second-order valence-electron chi connectivity index (χ2n) is 3.42. The summed E-state index contributed by atoms with van der Waals surface area (Å²) in [6.45, 7) is 6.73. The van der Waals surface area contributed by atoms with Gasteiger partial charge in [0.15, 0.2) is 5.78 Å². The predicted octanol–water partition coefficient (Wildman–Crippen LogP) is 0.349. The number of likely N-dealkylation sites (N-methyl/N-ethyl adjacent to an activating group) is 1. The molecule has 0 fully saturated rings. The van der Waals surface area contributed by atoms with E-state index < -0.39 is 0 Å². The molecule has 0 spiro atoms. The third kappa shape index (κ3) is 2.88. The highest BCUT2D eigenvalue weighted by Crippen LogP contribution is 1.97. The van der Waals surface area contributed by atoms with Crippen molar-refractivity contribution in [3.8, 4) is 0 Å². The van der Waals surface area contributed by atoms with Crippen molar-refractivity contribution in [1.29, 1.82) is 0 Å². The van der Waals surface area contributed by atoms with Crippen molar-refractivity contribution in [2.24, 2.45) is 0 Å². The molecule has 1 amide bonds. The Morgan fingerprint density at radius 1 is 1.38 bits per heavy atom. The molecule has 1 heterocycles. The summed E-state index contributed by atoms with van der Waals surface area (Å²) in [5.74, 6) is -0.174. The maximum absolute atomic E-state index is 11.7. The quantitative estimate of drug-likeness (QED) is 0.677. The molecule has 88 valence electrons. The van der Waals surface area contributed by atoms with E-state index in [1.54, 1.807) is 4.90 Å². The molecule has 0 N–H and O–H groups in total.